The van der Waals surface area contributed by atoms with Gasteiger partial charge in [0, 0.05) is 5.02 Å². The maximum absolute atomic E-state index is 12.7. The van der Waals surface area contributed by atoms with Crippen LogP contribution in [0.15, 0.2) is 47.4 Å². The van der Waals surface area contributed by atoms with Crippen molar-refractivity contribution >= 4 is 46.3 Å². The standard InChI is InChI=1S/C18H14ClNO2S/c1-11-6-5-9-15(12(11)2)20-17(21)16(23-18(20)22)10-13-7-3-4-8-14(13)19/h3-10H,1-2H3/b16-10-. The molecular weight excluding hydrogens is 330 g/mol. The van der Waals surface area contributed by atoms with Gasteiger partial charge in [0.05, 0.1) is 10.6 Å². The number of halogens is 1. The number of hydrogen-bond donors (Lipinski definition) is 0. The van der Waals surface area contributed by atoms with Crippen LogP contribution in [0.1, 0.15) is 16.7 Å². The summed E-state index contributed by atoms with van der Waals surface area (Å²) in [7, 11) is 0. The smallest absolute Gasteiger partial charge is 0.268 e. The molecule has 2 aromatic carbocycles. The van der Waals surface area contributed by atoms with Crippen molar-refractivity contribution in [3.05, 3.63) is 69.1 Å². The predicted octanol–water partition coefficient (Wildman–Crippen LogP) is 5.20. The predicted molar refractivity (Wildman–Crippen MR) is 95.8 cm³/mol. The lowest BCUT2D eigenvalue weighted by molar-refractivity contribution is -0.113. The summed E-state index contributed by atoms with van der Waals surface area (Å²) in [6, 6.07) is 12.8. The molecule has 5 heteroatoms. The number of hydrogen-bond acceptors (Lipinski definition) is 3. The van der Waals surface area contributed by atoms with Crippen LogP contribution in [0.5, 0.6) is 0 Å². The Bertz CT molecular complexity index is 845. The normalized spacial score (nSPS) is 16.5. The van der Waals surface area contributed by atoms with E-state index in [0.717, 1.165) is 28.5 Å². The summed E-state index contributed by atoms with van der Waals surface area (Å²) in [5.41, 5.74) is 3.32. The zero-order valence-corrected chi connectivity index (χ0v) is 14.2. The number of amides is 2. The van der Waals surface area contributed by atoms with Crippen LogP contribution in [-0.2, 0) is 4.79 Å². The number of anilines is 1. The van der Waals surface area contributed by atoms with Gasteiger partial charge in [0.25, 0.3) is 11.1 Å². The molecule has 0 radical (unpaired) electrons. The zero-order valence-electron chi connectivity index (χ0n) is 12.7. The number of rotatable bonds is 2. The zero-order chi connectivity index (χ0) is 16.6. The summed E-state index contributed by atoms with van der Waals surface area (Å²) in [6.07, 6.45) is 1.67. The van der Waals surface area contributed by atoms with Crippen LogP contribution in [0.2, 0.25) is 5.02 Å². The van der Waals surface area contributed by atoms with Gasteiger partial charge in [0.1, 0.15) is 0 Å². The molecule has 0 atom stereocenters. The molecule has 1 saturated heterocycles. The molecule has 3 nitrogen and oxygen atoms in total. The van der Waals surface area contributed by atoms with E-state index in [1.54, 1.807) is 18.2 Å². The Labute approximate surface area is 143 Å². The molecular formula is C18H14ClNO2S. The maximum Gasteiger partial charge on any atom is 0.298 e. The van der Waals surface area contributed by atoms with Gasteiger partial charge in [-0.05, 0) is 60.5 Å². The number of aryl methyl sites for hydroxylation is 1. The van der Waals surface area contributed by atoms with E-state index in [1.807, 2.05) is 44.2 Å². The fourth-order valence-corrected chi connectivity index (χ4v) is 3.40. The van der Waals surface area contributed by atoms with Crippen molar-refractivity contribution in [3.63, 3.8) is 0 Å². The molecule has 0 bridgehead atoms. The Morgan fingerprint density at radius 1 is 1.04 bits per heavy atom. The van der Waals surface area contributed by atoms with Gasteiger partial charge in [-0.3, -0.25) is 9.59 Å². The molecule has 2 aromatic rings. The van der Waals surface area contributed by atoms with E-state index in [2.05, 4.69) is 0 Å². The minimum atomic E-state index is -0.311. The second kappa shape index (κ2) is 6.22. The number of carbonyl (C=O) groups excluding carboxylic acids is 2. The van der Waals surface area contributed by atoms with Gasteiger partial charge < -0.3 is 0 Å². The third kappa shape index (κ3) is 2.92. The molecule has 3 rings (SSSR count). The second-order valence-electron chi connectivity index (χ2n) is 5.26. The van der Waals surface area contributed by atoms with E-state index in [4.69, 9.17) is 11.6 Å². The van der Waals surface area contributed by atoms with E-state index in [-0.39, 0.29) is 11.1 Å². The van der Waals surface area contributed by atoms with E-state index < -0.39 is 0 Å². The highest BCUT2D eigenvalue weighted by molar-refractivity contribution is 8.19. The van der Waals surface area contributed by atoms with Crippen molar-refractivity contribution in [2.24, 2.45) is 0 Å². The molecule has 1 fully saturated rings. The van der Waals surface area contributed by atoms with Crippen molar-refractivity contribution in [3.8, 4) is 0 Å². The van der Waals surface area contributed by atoms with Crippen LogP contribution in [0, 0.1) is 13.8 Å². The number of imide groups is 1. The van der Waals surface area contributed by atoms with Crippen LogP contribution >= 0.6 is 23.4 Å². The minimum Gasteiger partial charge on any atom is -0.268 e. The molecule has 0 N–H and O–H groups in total. The van der Waals surface area contributed by atoms with Gasteiger partial charge in [0.2, 0.25) is 0 Å². The van der Waals surface area contributed by atoms with Gasteiger partial charge in [-0.2, -0.15) is 0 Å². The Balaban J connectivity index is 2.01. The van der Waals surface area contributed by atoms with E-state index in [9.17, 15) is 9.59 Å². The van der Waals surface area contributed by atoms with Crippen LogP contribution in [0.4, 0.5) is 10.5 Å². The maximum atomic E-state index is 12.7. The molecule has 23 heavy (non-hydrogen) atoms. The van der Waals surface area contributed by atoms with Gasteiger partial charge in [-0.1, -0.05) is 41.9 Å². The largest absolute Gasteiger partial charge is 0.298 e. The lowest BCUT2D eigenvalue weighted by atomic mass is 10.1. The number of thioether (sulfide) groups is 1. The summed E-state index contributed by atoms with van der Waals surface area (Å²) in [5.74, 6) is -0.311. The monoisotopic (exact) mass is 343 g/mol. The van der Waals surface area contributed by atoms with Gasteiger partial charge in [-0.15, -0.1) is 0 Å². The third-order valence-electron chi connectivity index (χ3n) is 3.80. The topological polar surface area (TPSA) is 37.4 Å². The van der Waals surface area contributed by atoms with Crippen LogP contribution in [0.3, 0.4) is 0 Å². The van der Waals surface area contributed by atoms with Crippen molar-refractivity contribution in [1.29, 1.82) is 0 Å². The summed E-state index contributed by atoms with van der Waals surface area (Å²) in [5, 5.41) is 0.257. The first-order valence-corrected chi connectivity index (χ1v) is 8.27. The van der Waals surface area contributed by atoms with Crippen LogP contribution in [-0.4, -0.2) is 11.1 Å². The number of benzene rings is 2. The summed E-state index contributed by atoms with van der Waals surface area (Å²) >= 11 is 7.06. The Morgan fingerprint density at radius 3 is 2.52 bits per heavy atom. The molecule has 1 aliphatic rings. The molecule has 116 valence electrons. The van der Waals surface area contributed by atoms with Gasteiger partial charge in [0.15, 0.2) is 0 Å². The van der Waals surface area contributed by atoms with Crippen molar-refractivity contribution < 1.29 is 9.59 Å². The number of carbonyl (C=O) groups is 2. The third-order valence-corrected chi connectivity index (χ3v) is 5.02. The average Bonchev–Trinajstić information content (AvgIpc) is 2.79. The lowest BCUT2D eigenvalue weighted by Crippen LogP contribution is -2.28. The molecule has 1 aliphatic heterocycles. The van der Waals surface area contributed by atoms with Gasteiger partial charge >= 0.3 is 0 Å². The van der Waals surface area contributed by atoms with E-state index in [1.165, 1.54) is 4.90 Å². The Kier molecular flexibility index (Phi) is 4.28. The first-order chi connectivity index (χ1) is 11.0. The van der Waals surface area contributed by atoms with E-state index >= 15 is 0 Å². The quantitative estimate of drug-likeness (QED) is 0.703. The molecule has 0 spiro atoms. The molecule has 0 aliphatic carbocycles. The fraction of sp³-hybridized carbons (Fsp3) is 0.111. The highest BCUT2D eigenvalue weighted by Crippen LogP contribution is 2.38. The average molecular weight is 344 g/mol. The SMILES string of the molecule is Cc1cccc(N2C(=O)S/C(=C\c3ccccc3Cl)C2=O)c1C. The van der Waals surface area contributed by atoms with E-state index in [0.29, 0.717) is 15.6 Å². The van der Waals surface area contributed by atoms with Crippen LogP contribution in [0.25, 0.3) is 6.08 Å². The fourth-order valence-electron chi connectivity index (χ4n) is 2.39. The summed E-state index contributed by atoms with van der Waals surface area (Å²) in [6.45, 7) is 3.86. The molecule has 0 aromatic heterocycles. The first kappa shape index (κ1) is 15.8. The molecule has 0 unspecified atom stereocenters. The minimum absolute atomic E-state index is 0.290. The number of nitrogens with zero attached hydrogens (tertiary/aromatic N) is 1. The highest BCUT2D eigenvalue weighted by Gasteiger charge is 2.37. The van der Waals surface area contributed by atoms with Crippen molar-refractivity contribution in [2.75, 3.05) is 4.90 Å². The first-order valence-electron chi connectivity index (χ1n) is 7.08. The van der Waals surface area contributed by atoms with Crippen LogP contribution < -0.4 is 4.90 Å². The highest BCUT2D eigenvalue weighted by atomic mass is 35.5. The Hall–Kier alpha value is -2.04. The molecule has 1 heterocycles. The molecule has 2 amide bonds. The van der Waals surface area contributed by atoms with Crippen molar-refractivity contribution in [2.45, 2.75) is 13.8 Å². The molecule has 0 saturated carbocycles. The Morgan fingerprint density at radius 2 is 1.78 bits per heavy atom. The lowest BCUT2D eigenvalue weighted by Gasteiger charge is -2.16. The summed E-state index contributed by atoms with van der Waals surface area (Å²) < 4.78 is 0. The van der Waals surface area contributed by atoms with Crippen molar-refractivity contribution in [1.82, 2.24) is 0 Å². The van der Waals surface area contributed by atoms with Gasteiger partial charge in [-0.25, -0.2) is 4.90 Å². The second-order valence-corrected chi connectivity index (χ2v) is 6.66. The summed E-state index contributed by atoms with van der Waals surface area (Å²) in [4.78, 5) is 26.6.